The summed E-state index contributed by atoms with van der Waals surface area (Å²) >= 11 is 0. The quantitative estimate of drug-likeness (QED) is 0.873. The van der Waals surface area contributed by atoms with E-state index in [2.05, 4.69) is 16.3 Å². The maximum absolute atomic E-state index is 12.3. The molecule has 0 bridgehead atoms. The maximum atomic E-state index is 12.3. The van der Waals surface area contributed by atoms with Gasteiger partial charge in [0.05, 0.1) is 13.2 Å². The monoisotopic (exact) mass is 318 g/mol. The summed E-state index contributed by atoms with van der Waals surface area (Å²) in [7, 11) is 1.70. The summed E-state index contributed by atoms with van der Waals surface area (Å²) in [6.45, 7) is 3.43. The van der Waals surface area contributed by atoms with Crippen LogP contribution in [0, 0.1) is 0 Å². The highest BCUT2D eigenvalue weighted by Gasteiger charge is 2.28. The molecule has 23 heavy (non-hydrogen) atoms. The average molecular weight is 318 g/mol. The number of carbonyl (C=O) groups excluding carboxylic acids is 1. The van der Waals surface area contributed by atoms with Crippen molar-refractivity contribution in [2.24, 2.45) is 0 Å². The van der Waals surface area contributed by atoms with Crippen LogP contribution in [0.4, 0.5) is 0 Å². The van der Waals surface area contributed by atoms with Gasteiger partial charge in [-0.2, -0.15) is 0 Å². The van der Waals surface area contributed by atoms with E-state index in [9.17, 15) is 4.79 Å². The van der Waals surface area contributed by atoms with Gasteiger partial charge in [-0.05, 0) is 44.8 Å². The summed E-state index contributed by atoms with van der Waals surface area (Å²) < 4.78 is 11.0. The Hall–Kier alpha value is -1.59. The molecule has 126 valence electrons. The molecule has 5 nitrogen and oxygen atoms in total. The SMILES string of the molecule is COc1ccccc1C(CNC(=O)C1CCCO1)N1CCCC1. The van der Waals surface area contributed by atoms with Gasteiger partial charge in [0, 0.05) is 18.7 Å². The second-order valence-electron chi connectivity index (χ2n) is 6.25. The summed E-state index contributed by atoms with van der Waals surface area (Å²) in [6, 6.07) is 8.25. The third-order valence-electron chi connectivity index (χ3n) is 4.77. The van der Waals surface area contributed by atoms with Gasteiger partial charge in [0.15, 0.2) is 0 Å². The van der Waals surface area contributed by atoms with E-state index in [1.54, 1.807) is 7.11 Å². The summed E-state index contributed by atoms with van der Waals surface area (Å²) in [5.74, 6) is 0.900. The first-order valence-corrected chi connectivity index (χ1v) is 8.56. The van der Waals surface area contributed by atoms with Crippen LogP contribution in [0.15, 0.2) is 24.3 Å². The maximum Gasteiger partial charge on any atom is 0.249 e. The van der Waals surface area contributed by atoms with Crippen molar-refractivity contribution in [3.63, 3.8) is 0 Å². The van der Waals surface area contributed by atoms with E-state index in [1.807, 2.05) is 18.2 Å². The fraction of sp³-hybridized carbons (Fsp3) is 0.611. The van der Waals surface area contributed by atoms with Crippen LogP contribution in [-0.4, -0.2) is 50.3 Å². The van der Waals surface area contributed by atoms with Crippen molar-refractivity contribution in [3.8, 4) is 5.75 Å². The molecule has 1 amide bonds. The van der Waals surface area contributed by atoms with Crippen molar-refractivity contribution in [2.75, 3.05) is 33.4 Å². The van der Waals surface area contributed by atoms with Gasteiger partial charge in [-0.25, -0.2) is 0 Å². The predicted molar refractivity (Wildman–Crippen MR) is 88.5 cm³/mol. The van der Waals surface area contributed by atoms with Crippen molar-refractivity contribution in [3.05, 3.63) is 29.8 Å². The highest BCUT2D eigenvalue weighted by atomic mass is 16.5. The first-order valence-electron chi connectivity index (χ1n) is 8.56. The van der Waals surface area contributed by atoms with Gasteiger partial charge in [-0.1, -0.05) is 18.2 Å². The molecule has 2 saturated heterocycles. The molecule has 1 aromatic carbocycles. The minimum Gasteiger partial charge on any atom is -0.496 e. The fourth-order valence-corrected chi connectivity index (χ4v) is 3.53. The van der Waals surface area contributed by atoms with Gasteiger partial charge < -0.3 is 14.8 Å². The average Bonchev–Trinajstić information content (AvgIpc) is 3.29. The lowest BCUT2D eigenvalue weighted by atomic mass is 10.0. The molecule has 2 aliphatic rings. The first kappa shape index (κ1) is 16.3. The molecule has 0 radical (unpaired) electrons. The number of benzene rings is 1. The van der Waals surface area contributed by atoms with E-state index in [0.29, 0.717) is 13.2 Å². The fourth-order valence-electron chi connectivity index (χ4n) is 3.53. The molecule has 0 aliphatic carbocycles. The Kier molecular flexibility index (Phi) is 5.51. The summed E-state index contributed by atoms with van der Waals surface area (Å²) in [6.07, 6.45) is 3.96. The molecule has 2 fully saturated rings. The van der Waals surface area contributed by atoms with Gasteiger partial charge in [0.1, 0.15) is 11.9 Å². The molecular weight excluding hydrogens is 292 g/mol. The number of rotatable bonds is 6. The molecular formula is C18H26N2O3. The number of nitrogens with zero attached hydrogens (tertiary/aromatic N) is 1. The van der Waals surface area contributed by atoms with Gasteiger partial charge in [-0.15, -0.1) is 0 Å². The van der Waals surface area contributed by atoms with Gasteiger partial charge in [0.25, 0.3) is 0 Å². The second-order valence-corrected chi connectivity index (χ2v) is 6.25. The molecule has 0 spiro atoms. The van der Waals surface area contributed by atoms with Crippen LogP contribution in [-0.2, 0) is 9.53 Å². The topological polar surface area (TPSA) is 50.8 Å². The molecule has 5 heteroatoms. The Balaban J connectivity index is 1.71. The Morgan fingerprint density at radius 2 is 2.13 bits per heavy atom. The highest BCUT2D eigenvalue weighted by molar-refractivity contribution is 5.81. The second kappa shape index (κ2) is 7.79. The largest absolute Gasteiger partial charge is 0.496 e. The summed E-state index contributed by atoms with van der Waals surface area (Å²) in [4.78, 5) is 14.7. The van der Waals surface area contributed by atoms with E-state index in [-0.39, 0.29) is 18.1 Å². The van der Waals surface area contributed by atoms with Crippen molar-refractivity contribution in [2.45, 2.75) is 37.8 Å². The number of carbonyl (C=O) groups is 1. The van der Waals surface area contributed by atoms with Crippen LogP contribution in [0.5, 0.6) is 5.75 Å². The third kappa shape index (κ3) is 3.85. The van der Waals surface area contributed by atoms with Gasteiger partial charge in [0.2, 0.25) is 5.91 Å². The first-order chi connectivity index (χ1) is 11.3. The number of likely N-dealkylation sites (tertiary alicyclic amines) is 1. The number of hydrogen-bond donors (Lipinski definition) is 1. The zero-order valence-electron chi connectivity index (χ0n) is 13.8. The van der Waals surface area contributed by atoms with Crippen LogP contribution in [0.1, 0.15) is 37.3 Å². The lowest BCUT2D eigenvalue weighted by Gasteiger charge is -2.29. The number of amides is 1. The van der Waals surface area contributed by atoms with Crippen LogP contribution >= 0.6 is 0 Å². The molecule has 2 unspecified atom stereocenters. The smallest absolute Gasteiger partial charge is 0.249 e. The molecule has 0 aromatic heterocycles. The van der Waals surface area contributed by atoms with Crippen LogP contribution in [0.3, 0.4) is 0 Å². The van der Waals surface area contributed by atoms with Crippen molar-refractivity contribution in [1.82, 2.24) is 10.2 Å². The molecule has 1 N–H and O–H groups in total. The molecule has 3 rings (SSSR count). The Morgan fingerprint density at radius 1 is 1.35 bits per heavy atom. The predicted octanol–water partition coefficient (Wildman–Crippen LogP) is 2.13. The number of para-hydroxylation sites is 1. The number of ether oxygens (including phenoxy) is 2. The number of hydrogen-bond acceptors (Lipinski definition) is 4. The van der Waals surface area contributed by atoms with Crippen molar-refractivity contribution >= 4 is 5.91 Å². The Morgan fingerprint density at radius 3 is 2.83 bits per heavy atom. The Bertz CT molecular complexity index is 523. The van der Waals surface area contributed by atoms with Crippen LogP contribution < -0.4 is 10.1 Å². The Labute approximate surface area is 137 Å². The van der Waals surface area contributed by atoms with E-state index in [4.69, 9.17) is 9.47 Å². The zero-order chi connectivity index (χ0) is 16.1. The lowest BCUT2D eigenvalue weighted by Crippen LogP contribution is -2.41. The number of nitrogens with one attached hydrogen (secondary N) is 1. The summed E-state index contributed by atoms with van der Waals surface area (Å²) in [5, 5.41) is 3.09. The van der Waals surface area contributed by atoms with E-state index in [0.717, 1.165) is 37.2 Å². The van der Waals surface area contributed by atoms with Crippen molar-refractivity contribution < 1.29 is 14.3 Å². The van der Waals surface area contributed by atoms with E-state index < -0.39 is 0 Å². The van der Waals surface area contributed by atoms with Crippen LogP contribution in [0.25, 0.3) is 0 Å². The minimum atomic E-state index is -0.271. The minimum absolute atomic E-state index is 0.0154. The van der Waals surface area contributed by atoms with Crippen molar-refractivity contribution in [1.29, 1.82) is 0 Å². The highest BCUT2D eigenvalue weighted by Crippen LogP contribution is 2.31. The third-order valence-corrected chi connectivity index (χ3v) is 4.77. The standard InChI is InChI=1S/C18H26N2O3/c1-22-16-8-3-2-7-14(16)15(20-10-4-5-11-20)13-19-18(21)17-9-6-12-23-17/h2-3,7-8,15,17H,4-6,9-13H2,1H3,(H,19,21). The van der Waals surface area contributed by atoms with Gasteiger partial charge >= 0.3 is 0 Å². The van der Waals surface area contributed by atoms with E-state index in [1.165, 1.54) is 12.8 Å². The molecule has 2 aliphatic heterocycles. The normalized spacial score (nSPS) is 22.9. The molecule has 2 heterocycles. The zero-order valence-corrected chi connectivity index (χ0v) is 13.8. The van der Waals surface area contributed by atoms with Gasteiger partial charge in [-0.3, -0.25) is 9.69 Å². The number of methoxy groups -OCH3 is 1. The summed E-state index contributed by atoms with van der Waals surface area (Å²) in [5.41, 5.74) is 1.14. The molecule has 0 saturated carbocycles. The lowest BCUT2D eigenvalue weighted by molar-refractivity contribution is -0.130. The van der Waals surface area contributed by atoms with Crippen LogP contribution in [0.2, 0.25) is 0 Å². The molecule has 1 aromatic rings. The van der Waals surface area contributed by atoms with E-state index >= 15 is 0 Å². The molecule has 2 atom stereocenters.